The lowest BCUT2D eigenvalue weighted by molar-refractivity contribution is -0.122. The van der Waals surface area contributed by atoms with Crippen molar-refractivity contribution in [2.45, 2.75) is 51.7 Å². The molecule has 1 rings (SSSR count). The SMILES string of the molecule is CCCNC(=O)CC(CN)N1CC(C)N(C)C(C)C1. The Labute approximate surface area is 117 Å². The van der Waals surface area contributed by atoms with E-state index in [9.17, 15) is 4.79 Å². The Morgan fingerprint density at radius 1 is 1.37 bits per heavy atom. The Kier molecular flexibility index (Phi) is 6.75. The van der Waals surface area contributed by atoms with Crippen LogP contribution in [0.4, 0.5) is 0 Å². The Bertz CT molecular complexity index is 273. The average molecular weight is 270 g/mol. The van der Waals surface area contributed by atoms with Gasteiger partial charge in [-0.3, -0.25) is 14.6 Å². The van der Waals surface area contributed by atoms with Crippen molar-refractivity contribution in [1.29, 1.82) is 0 Å². The van der Waals surface area contributed by atoms with Crippen LogP contribution >= 0.6 is 0 Å². The number of nitrogens with two attached hydrogens (primary N) is 1. The Morgan fingerprint density at radius 3 is 2.42 bits per heavy atom. The van der Waals surface area contributed by atoms with E-state index in [1.165, 1.54) is 0 Å². The first-order valence-electron chi connectivity index (χ1n) is 7.42. The summed E-state index contributed by atoms with van der Waals surface area (Å²) in [7, 11) is 2.16. The first-order chi connectivity index (χ1) is 8.99. The van der Waals surface area contributed by atoms with Gasteiger partial charge in [0.1, 0.15) is 0 Å². The van der Waals surface area contributed by atoms with Crippen molar-refractivity contribution in [2.24, 2.45) is 5.73 Å². The maximum atomic E-state index is 11.8. The van der Waals surface area contributed by atoms with Gasteiger partial charge in [0.25, 0.3) is 0 Å². The van der Waals surface area contributed by atoms with Gasteiger partial charge in [-0.2, -0.15) is 0 Å². The van der Waals surface area contributed by atoms with Crippen molar-refractivity contribution in [3.05, 3.63) is 0 Å². The minimum atomic E-state index is 0.122. The van der Waals surface area contributed by atoms with Crippen LogP contribution in [0.2, 0.25) is 0 Å². The number of rotatable bonds is 6. The fraction of sp³-hybridized carbons (Fsp3) is 0.929. The lowest BCUT2D eigenvalue weighted by atomic mass is 10.0. The zero-order chi connectivity index (χ0) is 14.4. The molecule has 0 saturated carbocycles. The van der Waals surface area contributed by atoms with Gasteiger partial charge in [-0.05, 0) is 27.3 Å². The van der Waals surface area contributed by atoms with Crippen LogP contribution in [0.15, 0.2) is 0 Å². The molecule has 19 heavy (non-hydrogen) atoms. The van der Waals surface area contributed by atoms with E-state index < -0.39 is 0 Å². The second-order valence-corrected chi connectivity index (χ2v) is 5.76. The Morgan fingerprint density at radius 2 is 1.95 bits per heavy atom. The molecule has 5 nitrogen and oxygen atoms in total. The monoisotopic (exact) mass is 270 g/mol. The molecule has 0 aromatic carbocycles. The first kappa shape index (κ1) is 16.4. The lowest BCUT2D eigenvalue weighted by Gasteiger charge is -2.45. The highest BCUT2D eigenvalue weighted by Gasteiger charge is 2.30. The molecule has 1 saturated heterocycles. The summed E-state index contributed by atoms with van der Waals surface area (Å²) in [6.07, 6.45) is 1.49. The van der Waals surface area contributed by atoms with E-state index in [2.05, 4.69) is 42.9 Å². The number of piperazine rings is 1. The predicted molar refractivity (Wildman–Crippen MR) is 79.0 cm³/mol. The van der Waals surface area contributed by atoms with Crippen LogP contribution in [0.1, 0.15) is 33.6 Å². The zero-order valence-corrected chi connectivity index (χ0v) is 12.9. The number of amides is 1. The molecule has 1 fully saturated rings. The number of nitrogens with one attached hydrogen (secondary N) is 1. The smallest absolute Gasteiger partial charge is 0.221 e. The Hall–Kier alpha value is -0.650. The summed E-state index contributed by atoms with van der Waals surface area (Å²) in [4.78, 5) is 16.6. The van der Waals surface area contributed by atoms with Crippen molar-refractivity contribution in [3.8, 4) is 0 Å². The van der Waals surface area contributed by atoms with Gasteiger partial charge < -0.3 is 11.1 Å². The minimum absolute atomic E-state index is 0.122. The van der Waals surface area contributed by atoms with Crippen LogP contribution < -0.4 is 11.1 Å². The van der Waals surface area contributed by atoms with Crippen molar-refractivity contribution in [1.82, 2.24) is 15.1 Å². The number of hydrogen-bond acceptors (Lipinski definition) is 4. The van der Waals surface area contributed by atoms with Gasteiger partial charge in [0.15, 0.2) is 0 Å². The predicted octanol–water partition coefficient (Wildman–Crippen LogP) is 0.254. The Balaban J connectivity index is 2.52. The normalized spacial score (nSPS) is 27.2. The number of hydrogen-bond donors (Lipinski definition) is 2. The molecule has 0 aromatic heterocycles. The van der Waals surface area contributed by atoms with E-state index in [0.717, 1.165) is 26.1 Å². The molecule has 0 aromatic rings. The van der Waals surface area contributed by atoms with Crippen LogP contribution in [0, 0.1) is 0 Å². The number of nitrogens with zero attached hydrogens (tertiary/aromatic N) is 2. The molecule has 112 valence electrons. The molecular weight excluding hydrogens is 240 g/mol. The summed E-state index contributed by atoms with van der Waals surface area (Å²) in [5.74, 6) is 0.122. The standard InChI is InChI=1S/C14H30N4O/c1-5-6-16-14(19)7-13(8-15)18-9-11(2)17(4)12(3)10-18/h11-13H,5-10,15H2,1-4H3,(H,16,19). The summed E-state index contributed by atoms with van der Waals surface area (Å²) in [5, 5.41) is 2.94. The molecule has 3 N–H and O–H groups in total. The molecule has 1 aliphatic rings. The molecular formula is C14H30N4O. The topological polar surface area (TPSA) is 61.6 Å². The van der Waals surface area contributed by atoms with Crippen molar-refractivity contribution in [2.75, 3.05) is 33.2 Å². The summed E-state index contributed by atoms with van der Waals surface area (Å²) < 4.78 is 0. The lowest BCUT2D eigenvalue weighted by Crippen LogP contribution is -2.59. The summed E-state index contributed by atoms with van der Waals surface area (Å²) >= 11 is 0. The fourth-order valence-electron chi connectivity index (χ4n) is 2.66. The number of likely N-dealkylation sites (N-methyl/N-ethyl adjacent to an activating group) is 1. The van der Waals surface area contributed by atoms with Gasteiger partial charge in [0.05, 0.1) is 0 Å². The molecule has 0 spiro atoms. The molecule has 5 heteroatoms. The van der Waals surface area contributed by atoms with Crippen LogP contribution in [-0.4, -0.2) is 67.1 Å². The highest BCUT2D eigenvalue weighted by molar-refractivity contribution is 5.76. The summed E-state index contributed by atoms with van der Waals surface area (Å²) in [5.41, 5.74) is 5.87. The molecule has 0 bridgehead atoms. The largest absolute Gasteiger partial charge is 0.356 e. The second-order valence-electron chi connectivity index (χ2n) is 5.76. The highest BCUT2D eigenvalue weighted by Crippen LogP contribution is 2.16. The van der Waals surface area contributed by atoms with Gasteiger partial charge in [0.2, 0.25) is 5.91 Å². The summed E-state index contributed by atoms with van der Waals surface area (Å²) in [6, 6.07) is 1.18. The van der Waals surface area contributed by atoms with Gasteiger partial charge >= 0.3 is 0 Å². The van der Waals surface area contributed by atoms with Gasteiger partial charge in [-0.1, -0.05) is 6.92 Å². The number of carbonyl (C=O) groups is 1. The molecule has 3 unspecified atom stereocenters. The molecule has 1 heterocycles. The quantitative estimate of drug-likeness (QED) is 0.726. The third kappa shape index (κ3) is 4.75. The van der Waals surface area contributed by atoms with E-state index in [-0.39, 0.29) is 11.9 Å². The van der Waals surface area contributed by atoms with Crippen LogP contribution in [-0.2, 0) is 4.79 Å². The van der Waals surface area contributed by atoms with E-state index in [1.807, 2.05) is 0 Å². The van der Waals surface area contributed by atoms with Crippen LogP contribution in [0.3, 0.4) is 0 Å². The molecule has 0 radical (unpaired) electrons. The van der Waals surface area contributed by atoms with Crippen LogP contribution in [0.25, 0.3) is 0 Å². The van der Waals surface area contributed by atoms with Gasteiger partial charge in [0, 0.05) is 50.7 Å². The second kappa shape index (κ2) is 7.82. The zero-order valence-electron chi connectivity index (χ0n) is 12.9. The van der Waals surface area contributed by atoms with Crippen molar-refractivity contribution < 1.29 is 4.79 Å². The van der Waals surface area contributed by atoms with Crippen molar-refractivity contribution in [3.63, 3.8) is 0 Å². The average Bonchev–Trinajstić information content (AvgIpc) is 2.39. The van der Waals surface area contributed by atoms with Crippen molar-refractivity contribution >= 4 is 5.91 Å². The molecule has 3 atom stereocenters. The third-order valence-corrected chi connectivity index (χ3v) is 4.17. The number of carbonyl (C=O) groups excluding carboxylic acids is 1. The highest BCUT2D eigenvalue weighted by atomic mass is 16.1. The maximum Gasteiger partial charge on any atom is 0.221 e. The van der Waals surface area contributed by atoms with E-state index in [0.29, 0.717) is 25.0 Å². The van der Waals surface area contributed by atoms with Gasteiger partial charge in [-0.15, -0.1) is 0 Å². The van der Waals surface area contributed by atoms with E-state index in [4.69, 9.17) is 5.73 Å². The molecule has 0 aliphatic carbocycles. The van der Waals surface area contributed by atoms with Crippen LogP contribution in [0.5, 0.6) is 0 Å². The van der Waals surface area contributed by atoms with E-state index in [1.54, 1.807) is 0 Å². The fourth-order valence-corrected chi connectivity index (χ4v) is 2.66. The van der Waals surface area contributed by atoms with Gasteiger partial charge in [-0.25, -0.2) is 0 Å². The first-order valence-corrected chi connectivity index (χ1v) is 7.42. The minimum Gasteiger partial charge on any atom is -0.356 e. The maximum absolute atomic E-state index is 11.8. The van der Waals surface area contributed by atoms with E-state index >= 15 is 0 Å². The summed E-state index contributed by atoms with van der Waals surface area (Å²) in [6.45, 7) is 9.80. The third-order valence-electron chi connectivity index (χ3n) is 4.17. The molecule has 1 aliphatic heterocycles. The molecule has 1 amide bonds.